The van der Waals surface area contributed by atoms with E-state index in [1.165, 1.54) is 0 Å². The van der Waals surface area contributed by atoms with Gasteiger partial charge in [-0.3, -0.25) is 4.79 Å². The fourth-order valence-electron chi connectivity index (χ4n) is 2.50. The van der Waals surface area contributed by atoms with Crippen LogP contribution in [0.1, 0.15) is 30.7 Å². The first-order valence-corrected chi connectivity index (χ1v) is 6.93. The van der Waals surface area contributed by atoms with Crippen molar-refractivity contribution in [3.63, 3.8) is 0 Å². The lowest BCUT2D eigenvalue weighted by molar-refractivity contribution is 0.383. The highest BCUT2D eigenvalue weighted by atomic mass is 16.3. The molecule has 0 aliphatic carbocycles. The van der Waals surface area contributed by atoms with Crippen molar-refractivity contribution in [2.24, 2.45) is 0 Å². The lowest BCUT2D eigenvalue weighted by atomic mass is 10.0. The minimum absolute atomic E-state index is 0.0191. The molecular formula is C16H21NO3. The van der Waals surface area contributed by atoms with Crippen LogP contribution in [0, 0.1) is 0 Å². The number of aromatic hydroxyl groups is 1. The molecule has 0 saturated heterocycles. The molecule has 1 aromatic heterocycles. The number of hydrogen-bond donors (Lipinski definition) is 1. The Bertz CT molecular complexity index is 686. The van der Waals surface area contributed by atoms with E-state index < -0.39 is 0 Å². The minimum Gasteiger partial charge on any atom is -0.507 e. The number of phenols is 1. The molecule has 20 heavy (non-hydrogen) atoms. The molecule has 0 fully saturated rings. The Morgan fingerprint density at radius 2 is 1.85 bits per heavy atom. The average Bonchev–Trinajstić information content (AvgIpc) is 2.41. The molecule has 4 nitrogen and oxygen atoms in total. The van der Waals surface area contributed by atoms with Gasteiger partial charge in [0.15, 0.2) is 5.43 Å². The summed E-state index contributed by atoms with van der Waals surface area (Å²) in [7, 11) is 3.83. The molecule has 108 valence electrons. The second kappa shape index (κ2) is 5.67. The summed E-state index contributed by atoms with van der Waals surface area (Å²) in [6, 6.07) is 3.22. The van der Waals surface area contributed by atoms with Crippen molar-refractivity contribution >= 4 is 11.0 Å². The first-order chi connectivity index (χ1) is 9.49. The maximum Gasteiger partial charge on any atom is 0.196 e. The Hall–Kier alpha value is -1.81. The molecule has 0 bridgehead atoms. The van der Waals surface area contributed by atoms with Crippen molar-refractivity contribution < 1.29 is 9.52 Å². The average molecular weight is 275 g/mol. The van der Waals surface area contributed by atoms with Crippen molar-refractivity contribution in [2.45, 2.75) is 33.2 Å². The van der Waals surface area contributed by atoms with Crippen LogP contribution in [0.2, 0.25) is 0 Å². The molecule has 0 unspecified atom stereocenters. The molecule has 4 heteroatoms. The van der Waals surface area contributed by atoms with Gasteiger partial charge in [0.05, 0.1) is 10.9 Å². The Kier molecular flexibility index (Phi) is 4.14. The standard InChI is InChI=1S/C16H21NO3/c1-5-10-14(6-2)20-16-11(15(10)19)7-8-13(18)12(16)9-17(3)4/h7-8,18H,5-6,9H2,1-4H3. The van der Waals surface area contributed by atoms with E-state index in [1.54, 1.807) is 12.1 Å². The highest BCUT2D eigenvalue weighted by molar-refractivity contribution is 5.82. The number of aryl methyl sites for hydroxylation is 1. The monoisotopic (exact) mass is 275 g/mol. The lowest BCUT2D eigenvalue weighted by Gasteiger charge is -2.14. The zero-order valence-corrected chi connectivity index (χ0v) is 12.5. The van der Waals surface area contributed by atoms with Crippen LogP contribution < -0.4 is 5.43 Å². The summed E-state index contributed by atoms with van der Waals surface area (Å²) in [6.07, 6.45) is 1.33. The Morgan fingerprint density at radius 3 is 2.40 bits per heavy atom. The number of phenolic OH excluding ortho intramolecular Hbond substituents is 1. The van der Waals surface area contributed by atoms with Gasteiger partial charge >= 0.3 is 0 Å². The SMILES string of the molecule is CCc1oc2c(CN(C)C)c(O)ccc2c(=O)c1CC. The van der Waals surface area contributed by atoms with Crippen molar-refractivity contribution in [2.75, 3.05) is 14.1 Å². The fraction of sp³-hybridized carbons (Fsp3) is 0.438. The van der Waals surface area contributed by atoms with E-state index in [0.29, 0.717) is 35.9 Å². The molecule has 1 heterocycles. The summed E-state index contributed by atoms with van der Waals surface area (Å²) >= 11 is 0. The van der Waals surface area contributed by atoms with E-state index in [1.807, 2.05) is 32.8 Å². The molecule has 0 spiro atoms. The van der Waals surface area contributed by atoms with E-state index in [-0.39, 0.29) is 11.2 Å². The van der Waals surface area contributed by atoms with Crippen LogP contribution in [-0.2, 0) is 19.4 Å². The summed E-state index contributed by atoms with van der Waals surface area (Å²) in [4.78, 5) is 14.5. The van der Waals surface area contributed by atoms with Gasteiger partial charge < -0.3 is 14.4 Å². The largest absolute Gasteiger partial charge is 0.507 e. The summed E-state index contributed by atoms with van der Waals surface area (Å²) in [5.41, 5.74) is 1.94. The minimum atomic E-state index is 0.0191. The van der Waals surface area contributed by atoms with E-state index >= 15 is 0 Å². The number of nitrogens with zero attached hydrogens (tertiary/aromatic N) is 1. The second-order valence-corrected chi connectivity index (χ2v) is 5.22. The highest BCUT2D eigenvalue weighted by Gasteiger charge is 2.17. The van der Waals surface area contributed by atoms with E-state index in [0.717, 1.165) is 11.3 Å². The van der Waals surface area contributed by atoms with Crippen LogP contribution in [-0.4, -0.2) is 24.1 Å². The molecule has 0 aliphatic rings. The van der Waals surface area contributed by atoms with Crippen molar-refractivity contribution in [3.05, 3.63) is 39.2 Å². The van der Waals surface area contributed by atoms with Gasteiger partial charge in [-0.1, -0.05) is 13.8 Å². The second-order valence-electron chi connectivity index (χ2n) is 5.22. The molecular weight excluding hydrogens is 254 g/mol. The van der Waals surface area contributed by atoms with Gasteiger partial charge in [-0.25, -0.2) is 0 Å². The molecule has 0 saturated carbocycles. The van der Waals surface area contributed by atoms with Gasteiger partial charge in [0.2, 0.25) is 0 Å². The molecule has 0 aliphatic heterocycles. The van der Waals surface area contributed by atoms with Crippen LogP contribution >= 0.6 is 0 Å². The van der Waals surface area contributed by atoms with E-state index in [9.17, 15) is 9.90 Å². The predicted octanol–water partition coefficient (Wildman–Crippen LogP) is 2.69. The van der Waals surface area contributed by atoms with E-state index in [2.05, 4.69) is 0 Å². The topological polar surface area (TPSA) is 53.7 Å². The highest BCUT2D eigenvalue weighted by Crippen LogP contribution is 2.28. The molecule has 0 radical (unpaired) electrons. The zero-order chi connectivity index (χ0) is 14.9. The van der Waals surface area contributed by atoms with Crippen molar-refractivity contribution in [1.82, 2.24) is 4.90 Å². The number of benzene rings is 1. The molecule has 2 aromatic rings. The van der Waals surface area contributed by atoms with Gasteiger partial charge in [-0.2, -0.15) is 0 Å². The number of fused-ring (bicyclic) bond motifs is 1. The van der Waals surface area contributed by atoms with Crippen LogP contribution in [0.15, 0.2) is 21.3 Å². The summed E-state index contributed by atoms with van der Waals surface area (Å²) in [5.74, 6) is 0.885. The maximum absolute atomic E-state index is 12.5. The predicted molar refractivity (Wildman–Crippen MR) is 80.3 cm³/mol. The number of rotatable bonds is 4. The smallest absolute Gasteiger partial charge is 0.196 e. The van der Waals surface area contributed by atoms with Gasteiger partial charge in [-0.15, -0.1) is 0 Å². The third-order valence-corrected chi connectivity index (χ3v) is 3.47. The molecule has 2 rings (SSSR count). The van der Waals surface area contributed by atoms with Crippen LogP contribution in [0.25, 0.3) is 11.0 Å². The molecule has 0 atom stereocenters. The van der Waals surface area contributed by atoms with E-state index in [4.69, 9.17) is 4.42 Å². The van der Waals surface area contributed by atoms with Gasteiger partial charge in [0.1, 0.15) is 17.1 Å². The summed E-state index contributed by atoms with van der Waals surface area (Å²) in [5, 5.41) is 10.6. The summed E-state index contributed by atoms with van der Waals surface area (Å²) < 4.78 is 5.94. The Balaban J connectivity index is 2.84. The van der Waals surface area contributed by atoms with Crippen LogP contribution in [0.5, 0.6) is 5.75 Å². The quantitative estimate of drug-likeness (QED) is 0.932. The normalized spacial score (nSPS) is 11.4. The lowest BCUT2D eigenvalue weighted by Crippen LogP contribution is -2.15. The van der Waals surface area contributed by atoms with Crippen molar-refractivity contribution in [3.8, 4) is 5.75 Å². The van der Waals surface area contributed by atoms with Gasteiger partial charge in [0.25, 0.3) is 0 Å². The van der Waals surface area contributed by atoms with Crippen LogP contribution in [0.4, 0.5) is 0 Å². The fourth-order valence-corrected chi connectivity index (χ4v) is 2.50. The summed E-state index contributed by atoms with van der Waals surface area (Å²) in [6.45, 7) is 4.46. The Labute approximate surface area is 118 Å². The first-order valence-electron chi connectivity index (χ1n) is 6.93. The number of hydrogen-bond acceptors (Lipinski definition) is 4. The third kappa shape index (κ3) is 2.43. The third-order valence-electron chi connectivity index (χ3n) is 3.47. The molecule has 1 aromatic carbocycles. The van der Waals surface area contributed by atoms with Gasteiger partial charge in [0, 0.05) is 18.5 Å². The Morgan fingerprint density at radius 1 is 1.15 bits per heavy atom. The molecule has 0 amide bonds. The zero-order valence-electron chi connectivity index (χ0n) is 12.5. The van der Waals surface area contributed by atoms with Gasteiger partial charge in [-0.05, 0) is 32.6 Å². The first kappa shape index (κ1) is 14.6. The molecule has 1 N–H and O–H groups in total. The maximum atomic E-state index is 12.5. The van der Waals surface area contributed by atoms with Crippen LogP contribution in [0.3, 0.4) is 0 Å². The van der Waals surface area contributed by atoms with Crippen molar-refractivity contribution in [1.29, 1.82) is 0 Å².